The van der Waals surface area contributed by atoms with Gasteiger partial charge in [-0.1, -0.05) is 12.1 Å². The Kier molecular flexibility index (Phi) is 4.31. The molecule has 21 heavy (non-hydrogen) atoms. The van der Waals surface area contributed by atoms with Crippen LogP contribution in [0.1, 0.15) is 36.8 Å². The average Bonchev–Trinajstić information content (AvgIpc) is 2.69. The summed E-state index contributed by atoms with van der Waals surface area (Å²) in [5.41, 5.74) is 9.91. The van der Waals surface area contributed by atoms with Gasteiger partial charge in [-0.3, -0.25) is 9.48 Å². The number of nitrogens with one attached hydrogen (secondary N) is 1. The summed E-state index contributed by atoms with van der Waals surface area (Å²) >= 11 is 0. The third-order valence-electron chi connectivity index (χ3n) is 3.42. The van der Waals surface area contributed by atoms with E-state index >= 15 is 0 Å². The van der Waals surface area contributed by atoms with Crippen molar-refractivity contribution in [2.75, 3.05) is 11.1 Å². The first-order valence-electron chi connectivity index (χ1n) is 7.08. The molecule has 112 valence electrons. The maximum absolute atomic E-state index is 12.2. The number of carbonyl (C=O) groups is 1. The van der Waals surface area contributed by atoms with Crippen molar-refractivity contribution in [3.63, 3.8) is 0 Å². The molecule has 1 heterocycles. The monoisotopic (exact) mass is 286 g/mol. The number of nitrogens with two attached hydrogens (primary N) is 1. The lowest BCUT2D eigenvalue weighted by Gasteiger charge is -2.09. The molecule has 2 rings (SSSR count). The molecule has 0 unspecified atom stereocenters. The van der Waals surface area contributed by atoms with E-state index in [9.17, 15) is 4.79 Å². The van der Waals surface area contributed by atoms with Crippen molar-refractivity contribution in [2.45, 2.75) is 40.2 Å². The Bertz CT molecular complexity index is 641. The van der Waals surface area contributed by atoms with Gasteiger partial charge in [0.25, 0.3) is 0 Å². The number of aromatic nitrogens is 2. The molecule has 1 aromatic carbocycles. The molecule has 0 fully saturated rings. The van der Waals surface area contributed by atoms with Crippen LogP contribution in [0.2, 0.25) is 0 Å². The predicted molar refractivity (Wildman–Crippen MR) is 85.3 cm³/mol. The summed E-state index contributed by atoms with van der Waals surface area (Å²) < 4.78 is 1.92. The van der Waals surface area contributed by atoms with Gasteiger partial charge in [0.1, 0.15) is 0 Å². The molecule has 0 saturated heterocycles. The summed E-state index contributed by atoms with van der Waals surface area (Å²) in [5.74, 6) is -0.0470. The van der Waals surface area contributed by atoms with Crippen molar-refractivity contribution in [1.29, 1.82) is 0 Å². The molecule has 0 radical (unpaired) electrons. The van der Waals surface area contributed by atoms with Gasteiger partial charge in [-0.15, -0.1) is 0 Å². The Balaban J connectivity index is 2.11. The molecule has 0 spiro atoms. The second kappa shape index (κ2) is 5.99. The molecule has 0 aliphatic rings. The average molecular weight is 286 g/mol. The summed E-state index contributed by atoms with van der Waals surface area (Å²) in [5, 5.41) is 7.43. The molecule has 0 saturated carbocycles. The first-order valence-corrected chi connectivity index (χ1v) is 7.08. The van der Waals surface area contributed by atoms with Crippen molar-refractivity contribution < 1.29 is 4.79 Å². The van der Waals surface area contributed by atoms with Gasteiger partial charge in [-0.05, 0) is 45.4 Å². The number of amides is 1. The third-order valence-corrected chi connectivity index (χ3v) is 3.42. The van der Waals surface area contributed by atoms with Crippen LogP contribution in [0.15, 0.2) is 24.3 Å². The van der Waals surface area contributed by atoms with E-state index in [1.807, 2.05) is 30.7 Å². The Morgan fingerprint density at radius 2 is 1.90 bits per heavy atom. The van der Waals surface area contributed by atoms with Gasteiger partial charge in [0.15, 0.2) is 0 Å². The molecule has 5 heteroatoms. The van der Waals surface area contributed by atoms with E-state index in [0.29, 0.717) is 12.1 Å². The summed E-state index contributed by atoms with van der Waals surface area (Å²) in [7, 11) is 0. The number of nitrogens with zero attached hydrogens (tertiary/aromatic N) is 2. The Morgan fingerprint density at radius 1 is 1.29 bits per heavy atom. The molecule has 0 aliphatic carbocycles. The minimum absolute atomic E-state index is 0.0470. The van der Waals surface area contributed by atoms with Gasteiger partial charge in [0.2, 0.25) is 5.91 Å². The fraction of sp³-hybridized carbons (Fsp3) is 0.375. The zero-order valence-electron chi connectivity index (χ0n) is 13.0. The number of nitrogen functional groups attached to an aromatic ring is 1. The topological polar surface area (TPSA) is 72.9 Å². The largest absolute Gasteiger partial charge is 0.399 e. The van der Waals surface area contributed by atoms with Crippen LogP contribution in [0.3, 0.4) is 0 Å². The van der Waals surface area contributed by atoms with E-state index in [-0.39, 0.29) is 11.9 Å². The van der Waals surface area contributed by atoms with E-state index in [4.69, 9.17) is 5.73 Å². The highest BCUT2D eigenvalue weighted by Gasteiger charge is 2.15. The van der Waals surface area contributed by atoms with E-state index in [1.165, 1.54) is 0 Å². The van der Waals surface area contributed by atoms with Crippen LogP contribution in [0.4, 0.5) is 11.4 Å². The van der Waals surface area contributed by atoms with Crippen LogP contribution >= 0.6 is 0 Å². The molecule has 1 aromatic heterocycles. The van der Waals surface area contributed by atoms with E-state index in [1.54, 1.807) is 12.1 Å². The van der Waals surface area contributed by atoms with E-state index in [2.05, 4.69) is 24.3 Å². The van der Waals surface area contributed by atoms with Crippen molar-refractivity contribution >= 4 is 17.3 Å². The quantitative estimate of drug-likeness (QED) is 0.849. The van der Waals surface area contributed by atoms with Gasteiger partial charge in [-0.25, -0.2) is 0 Å². The summed E-state index contributed by atoms with van der Waals surface area (Å²) in [6.07, 6.45) is 0.325. The minimum Gasteiger partial charge on any atom is -0.399 e. The molecule has 5 nitrogen and oxygen atoms in total. The van der Waals surface area contributed by atoms with Gasteiger partial charge in [0.05, 0.1) is 23.5 Å². The van der Waals surface area contributed by atoms with E-state index < -0.39 is 0 Å². The standard InChI is InChI=1S/C16H22N4O/c1-10(2)20-12(4)16(11(3)19-20)18-15(21)9-13-5-7-14(17)8-6-13/h5-8,10H,9,17H2,1-4H3,(H,18,21). The highest BCUT2D eigenvalue weighted by atomic mass is 16.1. The first-order chi connectivity index (χ1) is 9.88. The third kappa shape index (κ3) is 3.42. The highest BCUT2D eigenvalue weighted by molar-refractivity contribution is 5.93. The Morgan fingerprint density at radius 3 is 2.43 bits per heavy atom. The number of anilines is 2. The molecule has 1 amide bonds. The Hall–Kier alpha value is -2.30. The second-order valence-corrected chi connectivity index (χ2v) is 5.55. The molecule has 0 atom stereocenters. The van der Waals surface area contributed by atoms with Crippen molar-refractivity contribution in [2.24, 2.45) is 0 Å². The van der Waals surface area contributed by atoms with E-state index in [0.717, 1.165) is 22.6 Å². The highest BCUT2D eigenvalue weighted by Crippen LogP contribution is 2.22. The van der Waals surface area contributed by atoms with Crippen LogP contribution in [0.25, 0.3) is 0 Å². The van der Waals surface area contributed by atoms with Gasteiger partial charge in [-0.2, -0.15) is 5.10 Å². The number of hydrogen-bond acceptors (Lipinski definition) is 3. The molecular weight excluding hydrogens is 264 g/mol. The lowest BCUT2D eigenvalue weighted by Crippen LogP contribution is -2.15. The molecule has 2 aromatic rings. The van der Waals surface area contributed by atoms with Crippen LogP contribution in [0.5, 0.6) is 0 Å². The van der Waals surface area contributed by atoms with Crippen LogP contribution in [-0.4, -0.2) is 15.7 Å². The number of benzene rings is 1. The predicted octanol–water partition coefficient (Wildman–Crippen LogP) is 2.84. The molecule has 0 aliphatic heterocycles. The fourth-order valence-corrected chi connectivity index (χ4v) is 2.35. The summed E-state index contributed by atoms with van der Waals surface area (Å²) in [4.78, 5) is 12.2. The number of rotatable bonds is 4. The lowest BCUT2D eigenvalue weighted by molar-refractivity contribution is -0.115. The SMILES string of the molecule is Cc1nn(C(C)C)c(C)c1NC(=O)Cc1ccc(N)cc1. The minimum atomic E-state index is -0.0470. The van der Waals surface area contributed by atoms with Crippen molar-refractivity contribution in [3.05, 3.63) is 41.2 Å². The molecular formula is C16H22N4O. The zero-order chi connectivity index (χ0) is 15.6. The van der Waals surface area contributed by atoms with Gasteiger partial charge >= 0.3 is 0 Å². The summed E-state index contributed by atoms with van der Waals surface area (Å²) in [6.45, 7) is 8.02. The normalized spacial score (nSPS) is 10.9. The van der Waals surface area contributed by atoms with Gasteiger partial charge < -0.3 is 11.1 Å². The van der Waals surface area contributed by atoms with Crippen LogP contribution in [0, 0.1) is 13.8 Å². The smallest absolute Gasteiger partial charge is 0.228 e. The van der Waals surface area contributed by atoms with Crippen LogP contribution < -0.4 is 11.1 Å². The first kappa shape index (κ1) is 15.1. The zero-order valence-corrected chi connectivity index (χ0v) is 13.0. The second-order valence-electron chi connectivity index (χ2n) is 5.55. The maximum atomic E-state index is 12.2. The molecule has 3 N–H and O–H groups in total. The Labute approximate surface area is 125 Å². The maximum Gasteiger partial charge on any atom is 0.228 e. The lowest BCUT2D eigenvalue weighted by atomic mass is 10.1. The molecule has 0 bridgehead atoms. The number of carbonyl (C=O) groups excluding carboxylic acids is 1. The number of aryl methyl sites for hydroxylation is 1. The van der Waals surface area contributed by atoms with Crippen molar-refractivity contribution in [3.8, 4) is 0 Å². The van der Waals surface area contributed by atoms with Gasteiger partial charge in [0, 0.05) is 11.7 Å². The fourth-order valence-electron chi connectivity index (χ4n) is 2.35. The summed E-state index contributed by atoms with van der Waals surface area (Å²) in [6, 6.07) is 7.61. The van der Waals surface area contributed by atoms with Crippen molar-refractivity contribution in [1.82, 2.24) is 9.78 Å². The van der Waals surface area contributed by atoms with Crippen LogP contribution in [-0.2, 0) is 11.2 Å². The number of hydrogen-bond donors (Lipinski definition) is 2.